The molecule has 0 aliphatic rings. The molecule has 0 bridgehead atoms. The number of carboxylic acid groups (broad SMARTS) is 1. The zero-order chi connectivity index (χ0) is 16.0. The Balaban J connectivity index is 2.58. The van der Waals surface area contributed by atoms with Crippen molar-refractivity contribution in [2.45, 2.75) is 19.4 Å². The number of carbonyl (C=O) groups excluding carboxylic acids is 1. The van der Waals surface area contributed by atoms with Crippen LogP contribution in [0.3, 0.4) is 0 Å². The summed E-state index contributed by atoms with van der Waals surface area (Å²) in [5.41, 5.74) is 0.470. The van der Waals surface area contributed by atoms with Crippen LogP contribution in [0.25, 0.3) is 0 Å². The van der Waals surface area contributed by atoms with E-state index in [2.05, 4.69) is 10.6 Å². The van der Waals surface area contributed by atoms with Crippen LogP contribution in [0, 0.1) is 17.0 Å². The van der Waals surface area contributed by atoms with E-state index in [4.69, 9.17) is 10.2 Å². The Labute approximate surface area is 119 Å². The second kappa shape index (κ2) is 7.20. The summed E-state index contributed by atoms with van der Waals surface area (Å²) in [6.07, 6.45) is -1.69. The van der Waals surface area contributed by atoms with Crippen molar-refractivity contribution in [3.8, 4) is 0 Å². The molecule has 0 heterocycles. The number of benzene rings is 1. The second-order valence-corrected chi connectivity index (χ2v) is 4.23. The van der Waals surface area contributed by atoms with Gasteiger partial charge in [0.05, 0.1) is 16.2 Å². The molecule has 0 fully saturated rings. The first-order chi connectivity index (χ1) is 9.82. The van der Waals surface area contributed by atoms with Crippen LogP contribution in [-0.2, 0) is 4.79 Å². The van der Waals surface area contributed by atoms with Gasteiger partial charge in [0.15, 0.2) is 6.10 Å². The van der Waals surface area contributed by atoms with Crippen molar-refractivity contribution in [2.75, 3.05) is 11.9 Å². The molecule has 1 atom stereocenters. The molecule has 0 saturated heterocycles. The molecule has 21 heavy (non-hydrogen) atoms. The van der Waals surface area contributed by atoms with Crippen LogP contribution in [-0.4, -0.2) is 39.8 Å². The summed E-state index contributed by atoms with van der Waals surface area (Å²) in [4.78, 5) is 32.2. The number of rotatable bonds is 6. The minimum Gasteiger partial charge on any atom is -0.479 e. The number of carbonyl (C=O) groups is 2. The number of nitrogens with one attached hydrogen (secondary N) is 2. The van der Waals surface area contributed by atoms with E-state index in [1.807, 2.05) is 0 Å². The highest BCUT2D eigenvalue weighted by atomic mass is 16.6. The van der Waals surface area contributed by atoms with Crippen LogP contribution >= 0.6 is 0 Å². The number of nitro groups is 1. The SMILES string of the molecule is Cc1c(NC(=O)NCCC(O)C(=O)O)cccc1[N+](=O)[O-]. The van der Waals surface area contributed by atoms with Gasteiger partial charge in [0, 0.05) is 19.0 Å². The summed E-state index contributed by atoms with van der Waals surface area (Å²) in [7, 11) is 0. The number of aliphatic hydroxyl groups excluding tert-OH is 1. The van der Waals surface area contributed by atoms with Crippen molar-refractivity contribution in [1.29, 1.82) is 0 Å². The lowest BCUT2D eigenvalue weighted by molar-refractivity contribution is -0.385. The lowest BCUT2D eigenvalue weighted by atomic mass is 10.1. The van der Waals surface area contributed by atoms with Crippen molar-refractivity contribution < 1.29 is 24.7 Å². The van der Waals surface area contributed by atoms with E-state index in [1.165, 1.54) is 25.1 Å². The molecule has 0 radical (unpaired) electrons. The largest absolute Gasteiger partial charge is 0.479 e. The van der Waals surface area contributed by atoms with Gasteiger partial charge in [-0.2, -0.15) is 0 Å². The topological polar surface area (TPSA) is 142 Å². The van der Waals surface area contributed by atoms with E-state index in [-0.39, 0.29) is 24.3 Å². The van der Waals surface area contributed by atoms with E-state index in [0.29, 0.717) is 5.56 Å². The van der Waals surface area contributed by atoms with Crippen molar-refractivity contribution in [2.24, 2.45) is 0 Å². The third-order valence-corrected chi connectivity index (χ3v) is 2.74. The molecular formula is C12H15N3O6. The Morgan fingerprint density at radius 3 is 2.67 bits per heavy atom. The third kappa shape index (κ3) is 4.73. The Kier molecular flexibility index (Phi) is 5.61. The van der Waals surface area contributed by atoms with Crippen molar-refractivity contribution in [3.63, 3.8) is 0 Å². The number of urea groups is 1. The molecule has 0 aliphatic heterocycles. The smallest absolute Gasteiger partial charge is 0.332 e. The molecule has 1 unspecified atom stereocenters. The van der Waals surface area contributed by atoms with Crippen LogP contribution < -0.4 is 10.6 Å². The van der Waals surface area contributed by atoms with E-state index >= 15 is 0 Å². The van der Waals surface area contributed by atoms with Crippen molar-refractivity contribution in [1.82, 2.24) is 5.32 Å². The first-order valence-electron chi connectivity index (χ1n) is 6.02. The molecule has 4 N–H and O–H groups in total. The number of anilines is 1. The predicted molar refractivity (Wildman–Crippen MR) is 73.1 cm³/mol. The van der Waals surface area contributed by atoms with Crippen LogP contribution in [0.15, 0.2) is 18.2 Å². The Morgan fingerprint density at radius 1 is 1.43 bits per heavy atom. The average molecular weight is 297 g/mol. The molecule has 0 aliphatic carbocycles. The highest BCUT2D eigenvalue weighted by Gasteiger charge is 2.15. The second-order valence-electron chi connectivity index (χ2n) is 4.23. The molecule has 0 saturated carbocycles. The monoisotopic (exact) mass is 297 g/mol. The minimum absolute atomic E-state index is 0.0483. The van der Waals surface area contributed by atoms with Gasteiger partial charge in [0.2, 0.25) is 0 Å². The van der Waals surface area contributed by atoms with Gasteiger partial charge < -0.3 is 20.8 Å². The van der Waals surface area contributed by atoms with Gasteiger partial charge in [-0.3, -0.25) is 10.1 Å². The standard InChI is InChI=1S/C12H15N3O6/c1-7-8(3-2-4-9(7)15(20)21)14-12(19)13-6-5-10(16)11(17)18/h2-4,10,16H,5-6H2,1H3,(H,17,18)(H2,13,14,19). The maximum absolute atomic E-state index is 11.6. The van der Waals surface area contributed by atoms with Crippen LogP contribution in [0.4, 0.5) is 16.2 Å². The van der Waals surface area contributed by atoms with Gasteiger partial charge in [-0.15, -0.1) is 0 Å². The van der Waals surface area contributed by atoms with Crippen molar-refractivity contribution >= 4 is 23.4 Å². The molecule has 1 aromatic carbocycles. The number of hydrogen-bond acceptors (Lipinski definition) is 5. The summed E-state index contributed by atoms with van der Waals surface area (Å²) in [6.45, 7) is 1.45. The van der Waals surface area contributed by atoms with Gasteiger partial charge >= 0.3 is 12.0 Å². The van der Waals surface area contributed by atoms with Crippen LogP contribution in [0.1, 0.15) is 12.0 Å². The number of aliphatic carboxylic acids is 1. The number of carboxylic acids is 1. The van der Waals surface area contributed by atoms with E-state index in [0.717, 1.165) is 0 Å². The van der Waals surface area contributed by atoms with Gasteiger partial charge in [-0.05, 0) is 13.0 Å². The average Bonchev–Trinajstić information content (AvgIpc) is 2.40. The molecule has 114 valence electrons. The lowest BCUT2D eigenvalue weighted by Crippen LogP contribution is -2.33. The number of amides is 2. The van der Waals surface area contributed by atoms with E-state index in [9.17, 15) is 19.7 Å². The molecule has 2 amide bonds. The maximum Gasteiger partial charge on any atom is 0.332 e. The molecule has 0 spiro atoms. The number of hydrogen-bond donors (Lipinski definition) is 4. The maximum atomic E-state index is 11.6. The fourth-order valence-corrected chi connectivity index (χ4v) is 1.57. The van der Waals surface area contributed by atoms with Gasteiger partial charge in [-0.25, -0.2) is 9.59 Å². The molecular weight excluding hydrogens is 282 g/mol. The fraction of sp³-hybridized carbons (Fsp3) is 0.333. The number of aliphatic hydroxyl groups is 1. The van der Waals surface area contributed by atoms with Gasteiger partial charge in [0.1, 0.15) is 0 Å². The molecule has 1 rings (SSSR count). The molecule has 0 aromatic heterocycles. The summed E-state index contributed by atoms with van der Waals surface area (Å²) in [5, 5.41) is 33.0. The van der Waals surface area contributed by atoms with Gasteiger partial charge in [-0.1, -0.05) is 6.07 Å². The zero-order valence-electron chi connectivity index (χ0n) is 11.2. The minimum atomic E-state index is -1.55. The van der Waals surface area contributed by atoms with Crippen LogP contribution in [0.5, 0.6) is 0 Å². The zero-order valence-corrected chi connectivity index (χ0v) is 11.2. The van der Waals surface area contributed by atoms with Gasteiger partial charge in [0.25, 0.3) is 5.69 Å². The predicted octanol–water partition coefficient (Wildman–Crippen LogP) is 0.860. The summed E-state index contributed by atoms with van der Waals surface area (Å²) < 4.78 is 0. The van der Waals surface area contributed by atoms with E-state index in [1.54, 1.807) is 0 Å². The molecule has 9 heteroatoms. The van der Waals surface area contributed by atoms with Crippen molar-refractivity contribution in [3.05, 3.63) is 33.9 Å². The first-order valence-corrected chi connectivity index (χ1v) is 6.02. The van der Waals surface area contributed by atoms with E-state index < -0.39 is 23.0 Å². The summed E-state index contributed by atoms with van der Waals surface area (Å²) in [5.74, 6) is -1.37. The lowest BCUT2D eigenvalue weighted by Gasteiger charge is -2.10. The first kappa shape index (κ1) is 16.4. The molecule has 1 aromatic rings. The number of nitrogens with zero attached hydrogens (tertiary/aromatic N) is 1. The Hall–Kier alpha value is -2.68. The quantitative estimate of drug-likeness (QED) is 0.453. The highest BCUT2D eigenvalue weighted by Crippen LogP contribution is 2.24. The van der Waals surface area contributed by atoms with Crippen LogP contribution in [0.2, 0.25) is 0 Å². The Bertz CT molecular complexity index is 560. The Morgan fingerprint density at radius 2 is 2.10 bits per heavy atom. The number of nitro benzene ring substituents is 1. The fourth-order valence-electron chi connectivity index (χ4n) is 1.57. The molecule has 9 nitrogen and oxygen atoms in total. The summed E-state index contributed by atoms with van der Waals surface area (Å²) in [6, 6.07) is 3.63. The highest BCUT2D eigenvalue weighted by molar-refractivity contribution is 5.90. The third-order valence-electron chi connectivity index (χ3n) is 2.74. The summed E-state index contributed by atoms with van der Waals surface area (Å²) >= 11 is 0. The normalized spacial score (nSPS) is 11.5.